The van der Waals surface area contributed by atoms with Crippen molar-refractivity contribution in [3.63, 3.8) is 0 Å². The SMILES string of the molecule is Nc1cccc(C(=O)NC2CC3CC2C2CCCC32)c1. The van der Waals surface area contributed by atoms with Crippen LogP contribution in [0.25, 0.3) is 0 Å². The van der Waals surface area contributed by atoms with Crippen LogP contribution in [0, 0.1) is 23.7 Å². The fraction of sp³-hybridized carbons (Fsp3) is 0.588. The van der Waals surface area contributed by atoms with Gasteiger partial charge in [-0.2, -0.15) is 0 Å². The zero-order valence-electron chi connectivity index (χ0n) is 11.7. The molecule has 2 bridgehead atoms. The third-order valence-electron chi connectivity index (χ3n) is 5.89. The predicted octanol–water partition coefficient (Wildman–Crippen LogP) is 2.82. The highest BCUT2D eigenvalue weighted by atomic mass is 16.1. The van der Waals surface area contributed by atoms with Crippen molar-refractivity contribution in [3.05, 3.63) is 29.8 Å². The molecule has 3 fully saturated rings. The second kappa shape index (κ2) is 4.51. The number of carbonyl (C=O) groups is 1. The van der Waals surface area contributed by atoms with E-state index in [1.54, 1.807) is 6.07 Å². The predicted molar refractivity (Wildman–Crippen MR) is 79.2 cm³/mol. The van der Waals surface area contributed by atoms with E-state index in [4.69, 9.17) is 5.73 Å². The lowest BCUT2D eigenvalue weighted by molar-refractivity contribution is 0.0901. The molecule has 1 amide bonds. The number of hydrogen-bond donors (Lipinski definition) is 2. The first-order valence-electron chi connectivity index (χ1n) is 7.89. The van der Waals surface area contributed by atoms with Crippen molar-refractivity contribution in [3.8, 4) is 0 Å². The average molecular weight is 270 g/mol. The molecule has 106 valence electrons. The molecule has 5 unspecified atom stereocenters. The van der Waals surface area contributed by atoms with E-state index in [2.05, 4.69) is 5.32 Å². The molecule has 3 saturated carbocycles. The molecule has 3 heteroatoms. The summed E-state index contributed by atoms with van der Waals surface area (Å²) in [4.78, 5) is 12.4. The number of nitrogen functional groups attached to an aromatic ring is 1. The fourth-order valence-electron chi connectivity index (χ4n) is 5.17. The summed E-state index contributed by atoms with van der Waals surface area (Å²) in [6.45, 7) is 0. The van der Waals surface area contributed by atoms with Crippen molar-refractivity contribution in [1.82, 2.24) is 5.32 Å². The minimum atomic E-state index is 0.0457. The molecule has 0 saturated heterocycles. The topological polar surface area (TPSA) is 55.1 Å². The summed E-state index contributed by atoms with van der Waals surface area (Å²) in [7, 11) is 0. The molecule has 3 aliphatic carbocycles. The smallest absolute Gasteiger partial charge is 0.251 e. The second-order valence-corrected chi connectivity index (χ2v) is 6.86. The number of amides is 1. The molecule has 3 aliphatic rings. The van der Waals surface area contributed by atoms with E-state index in [9.17, 15) is 4.79 Å². The van der Waals surface area contributed by atoms with Crippen LogP contribution < -0.4 is 11.1 Å². The molecular weight excluding hydrogens is 248 g/mol. The fourth-order valence-corrected chi connectivity index (χ4v) is 5.17. The standard InChI is InChI=1S/C17H22N2O/c18-12-4-1-3-10(7-12)17(20)19-16-9-11-8-15(16)14-6-2-5-13(11)14/h1,3-4,7,11,13-16H,2,5-6,8-9,18H2,(H,19,20). The Bertz CT molecular complexity index is 542. The molecule has 20 heavy (non-hydrogen) atoms. The van der Waals surface area contributed by atoms with Gasteiger partial charge in [0.2, 0.25) is 0 Å². The lowest BCUT2D eigenvalue weighted by Crippen LogP contribution is -2.42. The summed E-state index contributed by atoms with van der Waals surface area (Å²) in [5, 5.41) is 3.27. The molecule has 1 aromatic carbocycles. The van der Waals surface area contributed by atoms with Gasteiger partial charge in [-0.15, -0.1) is 0 Å². The van der Waals surface area contributed by atoms with Crippen LogP contribution in [0.1, 0.15) is 42.5 Å². The maximum absolute atomic E-state index is 12.4. The lowest BCUT2D eigenvalue weighted by Gasteiger charge is -2.32. The maximum Gasteiger partial charge on any atom is 0.251 e. The number of nitrogens with one attached hydrogen (secondary N) is 1. The third kappa shape index (κ3) is 1.83. The number of nitrogens with two attached hydrogens (primary N) is 1. The van der Waals surface area contributed by atoms with Crippen molar-refractivity contribution >= 4 is 11.6 Å². The van der Waals surface area contributed by atoms with Crippen LogP contribution >= 0.6 is 0 Å². The van der Waals surface area contributed by atoms with Crippen LogP contribution in [0.4, 0.5) is 5.69 Å². The Kier molecular flexibility index (Phi) is 2.76. The van der Waals surface area contributed by atoms with E-state index in [1.807, 2.05) is 18.2 Å². The van der Waals surface area contributed by atoms with E-state index >= 15 is 0 Å². The Morgan fingerprint density at radius 2 is 2.00 bits per heavy atom. The summed E-state index contributed by atoms with van der Waals surface area (Å²) in [5.41, 5.74) is 7.10. The number of carbonyl (C=O) groups excluding carboxylic acids is 1. The summed E-state index contributed by atoms with van der Waals surface area (Å²) < 4.78 is 0. The summed E-state index contributed by atoms with van der Waals surface area (Å²) in [6, 6.07) is 7.67. The number of fused-ring (bicyclic) bond motifs is 5. The average Bonchev–Trinajstić information content (AvgIpc) is 3.10. The van der Waals surface area contributed by atoms with E-state index in [-0.39, 0.29) is 5.91 Å². The summed E-state index contributed by atoms with van der Waals surface area (Å²) >= 11 is 0. The van der Waals surface area contributed by atoms with Gasteiger partial charge >= 0.3 is 0 Å². The van der Waals surface area contributed by atoms with Gasteiger partial charge in [0.1, 0.15) is 0 Å². The molecule has 3 N–H and O–H groups in total. The number of rotatable bonds is 2. The Morgan fingerprint density at radius 1 is 1.15 bits per heavy atom. The maximum atomic E-state index is 12.4. The van der Waals surface area contributed by atoms with Crippen molar-refractivity contribution < 1.29 is 4.79 Å². The summed E-state index contributed by atoms with van der Waals surface area (Å²) in [5.74, 6) is 3.51. The van der Waals surface area contributed by atoms with Crippen molar-refractivity contribution in [1.29, 1.82) is 0 Å². The normalized spacial score (nSPS) is 37.9. The molecule has 4 rings (SSSR count). The van der Waals surface area contributed by atoms with E-state index < -0.39 is 0 Å². The van der Waals surface area contributed by atoms with Crippen molar-refractivity contribution in [2.45, 2.75) is 38.1 Å². The van der Waals surface area contributed by atoms with Gasteiger partial charge in [0.25, 0.3) is 5.91 Å². The zero-order chi connectivity index (χ0) is 13.7. The lowest BCUT2D eigenvalue weighted by atomic mass is 9.79. The van der Waals surface area contributed by atoms with Crippen LogP contribution in [-0.4, -0.2) is 11.9 Å². The molecule has 0 aliphatic heterocycles. The van der Waals surface area contributed by atoms with Gasteiger partial charge in [0.05, 0.1) is 0 Å². The highest BCUT2D eigenvalue weighted by molar-refractivity contribution is 5.95. The van der Waals surface area contributed by atoms with Gasteiger partial charge in [-0.1, -0.05) is 12.5 Å². The van der Waals surface area contributed by atoms with Gasteiger partial charge in [-0.05, 0) is 67.6 Å². The Labute approximate surface area is 119 Å². The van der Waals surface area contributed by atoms with Crippen molar-refractivity contribution in [2.75, 3.05) is 5.73 Å². The quantitative estimate of drug-likeness (QED) is 0.812. The second-order valence-electron chi connectivity index (χ2n) is 6.86. The largest absolute Gasteiger partial charge is 0.399 e. The van der Waals surface area contributed by atoms with Gasteiger partial charge in [0.15, 0.2) is 0 Å². The molecule has 0 aromatic heterocycles. The van der Waals surface area contributed by atoms with Crippen LogP contribution in [0.2, 0.25) is 0 Å². The van der Waals surface area contributed by atoms with Crippen LogP contribution in [0.3, 0.4) is 0 Å². The zero-order valence-corrected chi connectivity index (χ0v) is 11.7. The Hall–Kier alpha value is -1.51. The Morgan fingerprint density at radius 3 is 2.85 bits per heavy atom. The minimum absolute atomic E-state index is 0.0457. The number of anilines is 1. The van der Waals surface area contributed by atoms with E-state index in [0.29, 0.717) is 17.3 Å². The number of benzene rings is 1. The highest BCUT2D eigenvalue weighted by Crippen LogP contribution is 2.58. The first kappa shape index (κ1) is 12.2. The van der Waals surface area contributed by atoms with Crippen LogP contribution in [0.5, 0.6) is 0 Å². The molecule has 0 radical (unpaired) electrons. The molecular formula is C17H22N2O. The van der Waals surface area contributed by atoms with Crippen LogP contribution in [0.15, 0.2) is 24.3 Å². The van der Waals surface area contributed by atoms with Crippen LogP contribution in [-0.2, 0) is 0 Å². The molecule has 5 atom stereocenters. The van der Waals surface area contributed by atoms with Gasteiger partial charge in [-0.25, -0.2) is 0 Å². The first-order valence-corrected chi connectivity index (χ1v) is 7.89. The van der Waals surface area contributed by atoms with Gasteiger partial charge in [-0.3, -0.25) is 4.79 Å². The Balaban J connectivity index is 1.47. The minimum Gasteiger partial charge on any atom is -0.399 e. The molecule has 3 nitrogen and oxygen atoms in total. The van der Waals surface area contributed by atoms with Crippen molar-refractivity contribution in [2.24, 2.45) is 23.7 Å². The molecule has 1 aromatic rings. The highest BCUT2D eigenvalue weighted by Gasteiger charge is 2.53. The first-order chi connectivity index (χ1) is 9.72. The number of hydrogen-bond acceptors (Lipinski definition) is 2. The van der Waals surface area contributed by atoms with E-state index in [1.165, 1.54) is 32.1 Å². The van der Waals surface area contributed by atoms with E-state index in [0.717, 1.165) is 23.7 Å². The molecule has 0 spiro atoms. The summed E-state index contributed by atoms with van der Waals surface area (Å²) in [6.07, 6.45) is 6.76. The third-order valence-corrected chi connectivity index (χ3v) is 5.89. The van der Waals surface area contributed by atoms with Gasteiger partial charge in [0, 0.05) is 17.3 Å². The van der Waals surface area contributed by atoms with Gasteiger partial charge < -0.3 is 11.1 Å². The molecule has 0 heterocycles. The monoisotopic (exact) mass is 270 g/mol.